The maximum absolute atomic E-state index is 10.2. The summed E-state index contributed by atoms with van der Waals surface area (Å²) in [6.07, 6.45) is 7.19. The van der Waals surface area contributed by atoms with Crippen molar-refractivity contribution in [2.45, 2.75) is 45.1 Å². The van der Waals surface area contributed by atoms with Crippen molar-refractivity contribution in [3.05, 3.63) is 30.1 Å². The number of aliphatic hydroxyl groups excluding tert-OH is 1. The third kappa shape index (κ3) is 3.05. The Morgan fingerprint density at radius 3 is 2.69 bits per heavy atom. The van der Waals surface area contributed by atoms with E-state index in [0.717, 1.165) is 11.6 Å². The fraction of sp³-hybridized carbons (Fsp3) is 0.643. The highest BCUT2D eigenvalue weighted by Crippen LogP contribution is 2.31. The van der Waals surface area contributed by atoms with Crippen LogP contribution in [0, 0.1) is 11.8 Å². The minimum absolute atomic E-state index is 0.206. The van der Waals surface area contributed by atoms with E-state index in [1.165, 1.54) is 25.7 Å². The van der Waals surface area contributed by atoms with Crippen molar-refractivity contribution >= 4 is 0 Å². The molecule has 2 nitrogen and oxygen atoms in total. The number of rotatable bonds is 3. The van der Waals surface area contributed by atoms with Gasteiger partial charge in [0.25, 0.3) is 0 Å². The van der Waals surface area contributed by atoms with Gasteiger partial charge in [0, 0.05) is 18.3 Å². The van der Waals surface area contributed by atoms with Gasteiger partial charge >= 0.3 is 0 Å². The van der Waals surface area contributed by atoms with Crippen LogP contribution in [0.5, 0.6) is 0 Å². The summed E-state index contributed by atoms with van der Waals surface area (Å²) in [4.78, 5) is 4.27. The molecule has 1 aliphatic carbocycles. The summed E-state index contributed by atoms with van der Waals surface area (Å²) in [6, 6.07) is 5.89. The van der Waals surface area contributed by atoms with E-state index >= 15 is 0 Å². The molecule has 0 aromatic carbocycles. The van der Waals surface area contributed by atoms with E-state index in [9.17, 15) is 5.11 Å². The summed E-state index contributed by atoms with van der Waals surface area (Å²) < 4.78 is 0. The van der Waals surface area contributed by atoms with E-state index < -0.39 is 0 Å². The Morgan fingerprint density at radius 2 is 2.06 bits per heavy atom. The van der Waals surface area contributed by atoms with E-state index in [4.69, 9.17) is 0 Å². The molecule has 0 saturated heterocycles. The molecule has 1 aliphatic rings. The number of aromatic nitrogens is 1. The average Bonchev–Trinajstić information content (AvgIpc) is 2.31. The van der Waals surface area contributed by atoms with Crippen LogP contribution in [-0.4, -0.2) is 16.2 Å². The summed E-state index contributed by atoms with van der Waals surface area (Å²) in [7, 11) is 0. The van der Waals surface area contributed by atoms with Gasteiger partial charge in [-0.25, -0.2) is 0 Å². The van der Waals surface area contributed by atoms with E-state index in [1.54, 1.807) is 6.20 Å². The highest BCUT2D eigenvalue weighted by Gasteiger charge is 2.24. The molecule has 16 heavy (non-hydrogen) atoms. The summed E-state index contributed by atoms with van der Waals surface area (Å²) in [5.41, 5.74) is 1.01. The highest BCUT2D eigenvalue weighted by atomic mass is 16.3. The Bertz CT molecular complexity index is 304. The number of hydrogen-bond donors (Lipinski definition) is 1. The lowest BCUT2D eigenvalue weighted by atomic mass is 9.79. The van der Waals surface area contributed by atoms with E-state index in [1.807, 2.05) is 18.2 Å². The number of nitrogens with zero attached hydrogens (tertiary/aromatic N) is 1. The minimum atomic E-state index is -0.206. The Balaban J connectivity index is 1.86. The molecule has 1 aromatic rings. The molecule has 0 spiro atoms. The largest absolute Gasteiger partial charge is 0.392 e. The van der Waals surface area contributed by atoms with Gasteiger partial charge in [-0.15, -0.1) is 0 Å². The zero-order chi connectivity index (χ0) is 11.4. The summed E-state index contributed by atoms with van der Waals surface area (Å²) in [5, 5.41) is 10.2. The molecule has 88 valence electrons. The minimum Gasteiger partial charge on any atom is -0.392 e. The quantitative estimate of drug-likeness (QED) is 0.848. The first-order chi connectivity index (χ1) is 7.75. The molecule has 1 heterocycles. The maximum Gasteiger partial charge on any atom is 0.0623 e. The number of hydrogen-bond acceptors (Lipinski definition) is 2. The Kier molecular flexibility index (Phi) is 3.94. The van der Waals surface area contributed by atoms with Gasteiger partial charge in [-0.05, 0) is 36.8 Å². The first-order valence-electron chi connectivity index (χ1n) is 6.33. The van der Waals surface area contributed by atoms with Crippen LogP contribution in [0.1, 0.15) is 38.3 Å². The standard InChI is InChI=1S/C14H21NO/c1-11-5-7-12(8-6-11)14(16)10-13-4-2-3-9-15-13/h2-4,9,11-12,14,16H,5-8,10H2,1H3. The molecular weight excluding hydrogens is 198 g/mol. The van der Waals surface area contributed by atoms with Gasteiger partial charge in [0.1, 0.15) is 0 Å². The van der Waals surface area contributed by atoms with E-state index in [0.29, 0.717) is 12.3 Å². The topological polar surface area (TPSA) is 33.1 Å². The molecular formula is C14H21NO. The van der Waals surface area contributed by atoms with Gasteiger partial charge in [-0.3, -0.25) is 4.98 Å². The molecule has 0 radical (unpaired) electrons. The first-order valence-corrected chi connectivity index (χ1v) is 6.33. The molecule has 1 aromatic heterocycles. The van der Waals surface area contributed by atoms with Crippen LogP contribution in [0.4, 0.5) is 0 Å². The highest BCUT2D eigenvalue weighted by molar-refractivity contribution is 5.05. The van der Waals surface area contributed by atoms with Gasteiger partial charge in [-0.2, -0.15) is 0 Å². The summed E-state index contributed by atoms with van der Waals surface area (Å²) >= 11 is 0. The lowest BCUT2D eigenvalue weighted by Gasteiger charge is -2.29. The van der Waals surface area contributed by atoms with Gasteiger partial charge in [0.2, 0.25) is 0 Å². The van der Waals surface area contributed by atoms with Gasteiger partial charge < -0.3 is 5.11 Å². The lowest BCUT2D eigenvalue weighted by Crippen LogP contribution is -2.27. The third-order valence-electron chi connectivity index (χ3n) is 3.75. The summed E-state index contributed by atoms with van der Waals surface area (Å²) in [6.45, 7) is 2.31. The van der Waals surface area contributed by atoms with Crippen molar-refractivity contribution in [2.75, 3.05) is 0 Å². The van der Waals surface area contributed by atoms with Gasteiger partial charge in [0.05, 0.1) is 6.10 Å². The molecule has 2 heteroatoms. The monoisotopic (exact) mass is 219 g/mol. The second kappa shape index (κ2) is 5.44. The van der Waals surface area contributed by atoms with Crippen molar-refractivity contribution in [2.24, 2.45) is 11.8 Å². The predicted molar refractivity (Wildman–Crippen MR) is 65.1 cm³/mol. The van der Waals surface area contributed by atoms with Crippen LogP contribution >= 0.6 is 0 Å². The van der Waals surface area contributed by atoms with Crippen molar-refractivity contribution in [3.63, 3.8) is 0 Å². The molecule has 2 rings (SSSR count). The Morgan fingerprint density at radius 1 is 1.31 bits per heavy atom. The smallest absolute Gasteiger partial charge is 0.0623 e. The van der Waals surface area contributed by atoms with Gasteiger partial charge in [0.15, 0.2) is 0 Å². The van der Waals surface area contributed by atoms with Crippen LogP contribution in [0.2, 0.25) is 0 Å². The zero-order valence-electron chi connectivity index (χ0n) is 9.97. The molecule has 1 saturated carbocycles. The maximum atomic E-state index is 10.2. The van der Waals surface area contributed by atoms with Crippen molar-refractivity contribution < 1.29 is 5.11 Å². The van der Waals surface area contributed by atoms with E-state index in [-0.39, 0.29) is 6.10 Å². The average molecular weight is 219 g/mol. The molecule has 1 N–H and O–H groups in total. The van der Waals surface area contributed by atoms with Crippen molar-refractivity contribution in [3.8, 4) is 0 Å². The van der Waals surface area contributed by atoms with Gasteiger partial charge in [-0.1, -0.05) is 25.8 Å². The fourth-order valence-electron chi connectivity index (χ4n) is 2.57. The molecule has 0 aliphatic heterocycles. The number of aliphatic hydroxyl groups is 1. The van der Waals surface area contributed by atoms with Crippen molar-refractivity contribution in [1.82, 2.24) is 4.98 Å². The Labute approximate surface area is 97.7 Å². The first kappa shape index (κ1) is 11.6. The second-order valence-corrected chi connectivity index (χ2v) is 5.11. The van der Waals surface area contributed by atoms with Crippen LogP contribution in [0.15, 0.2) is 24.4 Å². The third-order valence-corrected chi connectivity index (χ3v) is 3.75. The second-order valence-electron chi connectivity index (χ2n) is 5.11. The lowest BCUT2D eigenvalue weighted by molar-refractivity contribution is 0.0753. The SMILES string of the molecule is CC1CCC(C(O)Cc2ccccn2)CC1. The molecule has 1 unspecified atom stereocenters. The predicted octanol–water partition coefficient (Wildman–Crippen LogP) is 2.81. The molecule has 1 fully saturated rings. The number of pyridine rings is 1. The summed E-state index contributed by atoms with van der Waals surface area (Å²) in [5.74, 6) is 1.33. The normalized spacial score (nSPS) is 27.6. The van der Waals surface area contributed by atoms with Crippen LogP contribution in [0.25, 0.3) is 0 Å². The molecule has 0 bridgehead atoms. The van der Waals surface area contributed by atoms with Crippen LogP contribution in [-0.2, 0) is 6.42 Å². The Hall–Kier alpha value is -0.890. The van der Waals surface area contributed by atoms with Crippen molar-refractivity contribution in [1.29, 1.82) is 0 Å². The van der Waals surface area contributed by atoms with E-state index in [2.05, 4.69) is 11.9 Å². The zero-order valence-corrected chi connectivity index (χ0v) is 9.97. The van der Waals surface area contributed by atoms with Crippen LogP contribution < -0.4 is 0 Å². The fourth-order valence-corrected chi connectivity index (χ4v) is 2.57. The molecule has 1 atom stereocenters. The molecule has 0 amide bonds. The van der Waals surface area contributed by atoms with Crippen LogP contribution in [0.3, 0.4) is 0 Å².